The minimum atomic E-state index is -1.56. The number of ether oxygens (including phenoxy) is 4. The molecule has 1 aliphatic carbocycles. The Hall–Kier alpha value is -2.78. The van der Waals surface area contributed by atoms with Gasteiger partial charge in [0.05, 0.1) is 11.1 Å². The van der Waals surface area contributed by atoms with Gasteiger partial charge in [0.2, 0.25) is 0 Å². The first-order valence-electron chi connectivity index (χ1n) is 10.0. The number of carbonyl (C=O) groups excluding carboxylic acids is 2. The van der Waals surface area contributed by atoms with Crippen molar-refractivity contribution in [3.8, 4) is 0 Å². The average Bonchev–Trinajstić information content (AvgIpc) is 3.10. The van der Waals surface area contributed by atoms with E-state index < -0.39 is 54.3 Å². The minimum absolute atomic E-state index is 0.288. The standard InChI is InChI=1S/C23H24O8/c1-23(2)30-19-17(28-21(26)13-9-5-3-6-10-13)15(24)16(25)18(20(19)31-23)29-22(27)14-11-7-4-8-12-14/h3-12,15-20,24-25H,1-2H3/t15-,16-,17-,18+,19-,20-/m0/s1. The summed E-state index contributed by atoms with van der Waals surface area (Å²) >= 11 is 0. The molecule has 2 N–H and O–H groups in total. The Morgan fingerprint density at radius 1 is 0.742 bits per heavy atom. The summed E-state index contributed by atoms with van der Waals surface area (Å²) < 4.78 is 22.8. The van der Waals surface area contributed by atoms with Crippen LogP contribution in [0.15, 0.2) is 60.7 Å². The number of rotatable bonds is 4. The number of carbonyl (C=O) groups is 2. The van der Waals surface area contributed by atoms with Crippen molar-refractivity contribution >= 4 is 11.9 Å². The van der Waals surface area contributed by atoms with Gasteiger partial charge in [0.25, 0.3) is 0 Å². The first-order chi connectivity index (χ1) is 14.8. The monoisotopic (exact) mass is 428 g/mol. The lowest BCUT2D eigenvalue weighted by atomic mass is 9.84. The van der Waals surface area contributed by atoms with Gasteiger partial charge in [-0.1, -0.05) is 36.4 Å². The predicted molar refractivity (Wildman–Crippen MR) is 107 cm³/mol. The molecule has 0 unspecified atom stereocenters. The SMILES string of the molecule is CC1(C)O[C@@H]2[C@@H](O1)[C@@H](OC(=O)c1ccccc1)[C@@H](O)[C@H](O)[C@H]2OC(=O)c1ccccc1. The Morgan fingerprint density at radius 3 is 1.45 bits per heavy atom. The van der Waals surface area contributed by atoms with E-state index >= 15 is 0 Å². The van der Waals surface area contributed by atoms with Gasteiger partial charge in [0.15, 0.2) is 18.0 Å². The molecule has 0 spiro atoms. The lowest BCUT2D eigenvalue weighted by Gasteiger charge is -2.42. The summed E-state index contributed by atoms with van der Waals surface area (Å²) in [6, 6.07) is 16.6. The molecule has 8 heteroatoms. The van der Waals surface area contributed by atoms with Crippen LogP contribution >= 0.6 is 0 Å². The van der Waals surface area contributed by atoms with E-state index in [1.165, 1.54) is 0 Å². The van der Waals surface area contributed by atoms with Crippen molar-refractivity contribution < 1.29 is 38.7 Å². The van der Waals surface area contributed by atoms with Crippen molar-refractivity contribution in [3.05, 3.63) is 71.8 Å². The van der Waals surface area contributed by atoms with E-state index in [9.17, 15) is 19.8 Å². The smallest absolute Gasteiger partial charge is 0.338 e. The largest absolute Gasteiger partial charge is 0.453 e. The Balaban J connectivity index is 1.57. The lowest BCUT2D eigenvalue weighted by molar-refractivity contribution is -0.193. The highest BCUT2D eigenvalue weighted by atomic mass is 16.8. The molecule has 0 amide bonds. The van der Waals surface area contributed by atoms with Crippen molar-refractivity contribution in [2.75, 3.05) is 0 Å². The molecule has 1 heterocycles. The topological polar surface area (TPSA) is 112 Å². The Morgan fingerprint density at radius 2 is 1.10 bits per heavy atom. The summed E-state index contributed by atoms with van der Waals surface area (Å²) in [5.74, 6) is -2.46. The fourth-order valence-corrected chi connectivity index (χ4v) is 3.91. The molecule has 1 aliphatic heterocycles. The van der Waals surface area contributed by atoms with Gasteiger partial charge in [-0.05, 0) is 38.1 Å². The Kier molecular flexibility index (Phi) is 5.81. The van der Waals surface area contributed by atoms with Gasteiger partial charge < -0.3 is 29.2 Å². The van der Waals surface area contributed by atoms with E-state index in [2.05, 4.69) is 0 Å². The van der Waals surface area contributed by atoms with Crippen molar-refractivity contribution in [1.82, 2.24) is 0 Å². The summed E-state index contributed by atoms with van der Waals surface area (Å²) in [6.07, 6.45) is -7.45. The van der Waals surface area contributed by atoms with Crippen LogP contribution in [0.1, 0.15) is 34.6 Å². The second-order valence-corrected chi connectivity index (χ2v) is 8.02. The summed E-state index contributed by atoms with van der Waals surface area (Å²) in [6.45, 7) is 3.30. The summed E-state index contributed by atoms with van der Waals surface area (Å²) in [5.41, 5.74) is 0.577. The maximum atomic E-state index is 12.6. The van der Waals surface area contributed by atoms with Gasteiger partial charge in [-0.15, -0.1) is 0 Å². The molecule has 1 saturated carbocycles. The first-order valence-corrected chi connectivity index (χ1v) is 10.0. The third-order valence-electron chi connectivity index (χ3n) is 5.34. The zero-order valence-corrected chi connectivity index (χ0v) is 17.1. The predicted octanol–water partition coefficient (Wildman–Crippen LogP) is 1.69. The molecular weight excluding hydrogens is 404 g/mol. The minimum Gasteiger partial charge on any atom is -0.453 e. The van der Waals surface area contributed by atoms with E-state index in [1.54, 1.807) is 74.5 Å². The maximum absolute atomic E-state index is 12.6. The van der Waals surface area contributed by atoms with Crippen LogP contribution in [0.3, 0.4) is 0 Å². The fourth-order valence-electron chi connectivity index (χ4n) is 3.91. The van der Waals surface area contributed by atoms with E-state index in [4.69, 9.17) is 18.9 Å². The molecule has 4 rings (SSSR count). The molecule has 2 fully saturated rings. The highest BCUT2D eigenvalue weighted by molar-refractivity contribution is 5.90. The second kappa shape index (κ2) is 8.39. The van der Waals surface area contributed by atoms with Crippen molar-refractivity contribution in [2.45, 2.75) is 56.3 Å². The van der Waals surface area contributed by atoms with Crippen molar-refractivity contribution in [1.29, 1.82) is 0 Å². The van der Waals surface area contributed by atoms with Gasteiger partial charge in [-0.3, -0.25) is 0 Å². The van der Waals surface area contributed by atoms with E-state index in [1.807, 2.05) is 0 Å². The molecule has 31 heavy (non-hydrogen) atoms. The number of aliphatic hydroxyl groups is 2. The molecule has 8 nitrogen and oxygen atoms in total. The fraction of sp³-hybridized carbons (Fsp3) is 0.391. The quantitative estimate of drug-likeness (QED) is 0.708. The highest BCUT2D eigenvalue weighted by Gasteiger charge is 2.60. The maximum Gasteiger partial charge on any atom is 0.338 e. The number of hydrogen-bond acceptors (Lipinski definition) is 8. The third-order valence-corrected chi connectivity index (χ3v) is 5.34. The number of esters is 2. The Bertz CT molecular complexity index is 854. The highest BCUT2D eigenvalue weighted by Crippen LogP contribution is 2.40. The third kappa shape index (κ3) is 4.33. The van der Waals surface area contributed by atoms with Crippen molar-refractivity contribution in [2.24, 2.45) is 0 Å². The molecule has 2 aromatic carbocycles. The number of benzene rings is 2. The molecule has 2 aliphatic rings. The van der Waals surface area contributed by atoms with Crippen LogP contribution in [0, 0.1) is 0 Å². The Labute approximate surface area is 179 Å². The zero-order chi connectivity index (χ0) is 22.2. The lowest BCUT2D eigenvalue weighted by Crippen LogP contribution is -2.64. The van der Waals surface area contributed by atoms with Crippen LogP contribution in [0.2, 0.25) is 0 Å². The van der Waals surface area contributed by atoms with E-state index in [0.29, 0.717) is 0 Å². The van der Waals surface area contributed by atoms with Gasteiger partial charge in [0.1, 0.15) is 24.4 Å². The average molecular weight is 428 g/mol. The molecule has 6 atom stereocenters. The molecule has 0 aromatic heterocycles. The number of hydrogen-bond donors (Lipinski definition) is 2. The summed E-state index contributed by atoms with van der Waals surface area (Å²) in [7, 11) is 0. The summed E-state index contributed by atoms with van der Waals surface area (Å²) in [5, 5.41) is 21.5. The molecular formula is C23H24O8. The molecule has 0 radical (unpaired) electrons. The zero-order valence-electron chi connectivity index (χ0n) is 17.1. The van der Waals surface area contributed by atoms with Crippen LogP contribution in [-0.4, -0.2) is 64.6 Å². The van der Waals surface area contributed by atoms with Crippen LogP contribution in [0.4, 0.5) is 0 Å². The van der Waals surface area contributed by atoms with Crippen LogP contribution in [0.5, 0.6) is 0 Å². The van der Waals surface area contributed by atoms with Gasteiger partial charge in [-0.2, -0.15) is 0 Å². The number of aliphatic hydroxyl groups excluding tert-OH is 2. The van der Waals surface area contributed by atoms with Gasteiger partial charge in [0, 0.05) is 0 Å². The van der Waals surface area contributed by atoms with E-state index in [0.717, 1.165) is 0 Å². The second-order valence-electron chi connectivity index (χ2n) is 8.02. The molecule has 164 valence electrons. The van der Waals surface area contributed by atoms with Gasteiger partial charge in [-0.25, -0.2) is 9.59 Å². The van der Waals surface area contributed by atoms with Crippen LogP contribution < -0.4 is 0 Å². The van der Waals surface area contributed by atoms with Crippen LogP contribution in [0.25, 0.3) is 0 Å². The molecule has 2 aromatic rings. The van der Waals surface area contributed by atoms with Gasteiger partial charge >= 0.3 is 11.9 Å². The normalized spacial score (nSPS) is 31.5. The first kappa shape index (κ1) is 21.5. The summed E-state index contributed by atoms with van der Waals surface area (Å²) in [4.78, 5) is 25.1. The number of fused-ring (bicyclic) bond motifs is 1. The van der Waals surface area contributed by atoms with E-state index in [-0.39, 0.29) is 11.1 Å². The van der Waals surface area contributed by atoms with Crippen LogP contribution in [-0.2, 0) is 18.9 Å². The molecule has 1 saturated heterocycles. The molecule has 0 bridgehead atoms. The van der Waals surface area contributed by atoms with Crippen molar-refractivity contribution in [3.63, 3.8) is 0 Å².